The maximum absolute atomic E-state index is 11.8. The third-order valence-electron chi connectivity index (χ3n) is 2.95. The maximum atomic E-state index is 11.8. The highest BCUT2D eigenvalue weighted by molar-refractivity contribution is 5.76. The Hall–Kier alpha value is -2.08. The summed E-state index contributed by atoms with van der Waals surface area (Å²) in [5.41, 5.74) is 0.773. The van der Waals surface area contributed by atoms with Gasteiger partial charge in [0.1, 0.15) is 0 Å². The zero-order chi connectivity index (χ0) is 15.5. The summed E-state index contributed by atoms with van der Waals surface area (Å²) in [5, 5.41) is 14.4. The fourth-order valence-corrected chi connectivity index (χ4v) is 1.89. The normalized spacial score (nSPS) is 11.7. The van der Waals surface area contributed by atoms with Gasteiger partial charge in [-0.2, -0.15) is 0 Å². The Bertz CT molecular complexity index is 437. The van der Waals surface area contributed by atoms with E-state index in [4.69, 9.17) is 9.84 Å². The number of amides is 2. The number of urea groups is 1. The smallest absolute Gasteiger partial charge is 0.315 e. The number of hydrogen-bond acceptors (Lipinski definition) is 3. The highest BCUT2D eigenvalue weighted by Crippen LogP contribution is 2.16. The number of nitrogens with one attached hydrogen (secondary N) is 2. The lowest BCUT2D eigenvalue weighted by Crippen LogP contribution is -2.39. The van der Waals surface area contributed by atoms with E-state index in [0.29, 0.717) is 13.2 Å². The molecule has 0 bridgehead atoms. The van der Waals surface area contributed by atoms with Crippen LogP contribution < -0.4 is 10.6 Å². The molecule has 2 amide bonds. The van der Waals surface area contributed by atoms with E-state index in [1.165, 1.54) is 0 Å². The standard InChI is InChI=1S/C15H22N2O4/c1-21-10-6-5-9-16-15(20)17-13(11-14(18)19)12-7-3-2-4-8-12/h2-4,7-8,13H,5-6,9-11H2,1H3,(H,18,19)(H2,16,17,20). The number of carboxylic acids is 1. The zero-order valence-electron chi connectivity index (χ0n) is 12.2. The van der Waals surface area contributed by atoms with E-state index in [0.717, 1.165) is 18.4 Å². The van der Waals surface area contributed by atoms with Gasteiger partial charge in [-0.05, 0) is 18.4 Å². The molecule has 1 aromatic rings. The molecule has 3 N–H and O–H groups in total. The first-order chi connectivity index (χ1) is 10.1. The number of unbranched alkanes of at least 4 members (excludes halogenated alkanes) is 1. The molecule has 6 heteroatoms. The molecular formula is C15H22N2O4. The molecule has 1 rings (SSSR count). The number of carboxylic acid groups (broad SMARTS) is 1. The van der Waals surface area contributed by atoms with Crippen LogP contribution in [-0.2, 0) is 9.53 Å². The van der Waals surface area contributed by atoms with Crippen LogP contribution >= 0.6 is 0 Å². The molecule has 0 spiro atoms. The maximum Gasteiger partial charge on any atom is 0.315 e. The summed E-state index contributed by atoms with van der Waals surface area (Å²) in [5.74, 6) is -0.954. The third-order valence-corrected chi connectivity index (χ3v) is 2.95. The van der Waals surface area contributed by atoms with Crippen LogP contribution in [0.4, 0.5) is 4.79 Å². The van der Waals surface area contributed by atoms with E-state index in [1.54, 1.807) is 19.2 Å². The third kappa shape index (κ3) is 7.31. The second kappa shape index (κ2) is 9.77. The average molecular weight is 294 g/mol. The molecule has 0 aliphatic carbocycles. The number of benzene rings is 1. The van der Waals surface area contributed by atoms with Crippen LogP contribution in [-0.4, -0.2) is 37.4 Å². The predicted molar refractivity (Wildman–Crippen MR) is 79.1 cm³/mol. The summed E-state index contributed by atoms with van der Waals surface area (Å²) in [6, 6.07) is 8.17. The largest absolute Gasteiger partial charge is 0.481 e. The number of carbonyl (C=O) groups excluding carboxylic acids is 1. The number of aliphatic carboxylic acids is 1. The van der Waals surface area contributed by atoms with E-state index in [2.05, 4.69) is 10.6 Å². The Balaban J connectivity index is 2.45. The molecule has 6 nitrogen and oxygen atoms in total. The average Bonchev–Trinajstić information content (AvgIpc) is 2.47. The van der Waals surface area contributed by atoms with Crippen molar-refractivity contribution in [1.82, 2.24) is 10.6 Å². The van der Waals surface area contributed by atoms with Gasteiger partial charge in [-0.15, -0.1) is 0 Å². The number of carbonyl (C=O) groups is 2. The fraction of sp³-hybridized carbons (Fsp3) is 0.467. The van der Waals surface area contributed by atoms with Gasteiger partial charge in [0, 0.05) is 20.3 Å². The molecule has 21 heavy (non-hydrogen) atoms. The van der Waals surface area contributed by atoms with Gasteiger partial charge in [0.05, 0.1) is 12.5 Å². The van der Waals surface area contributed by atoms with Crippen molar-refractivity contribution in [3.05, 3.63) is 35.9 Å². The van der Waals surface area contributed by atoms with Gasteiger partial charge in [-0.3, -0.25) is 4.79 Å². The van der Waals surface area contributed by atoms with Gasteiger partial charge in [-0.1, -0.05) is 30.3 Å². The van der Waals surface area contributed by atoms with E-state index in [-0.39, 0.29) is 12.5 Å². The summed E-state index contributed by atoms with van der Waals surface area (Å²) >= 11 is 0. The summed E-state index contributed by atoms with van der Waals surface area (Å²) < 4.78 is 4.92. The molecule has 0 heterocycles. The molecule has 0 aliphatic rings. The van der Waals surface area contributed by atoms with Crippen molar-refractivity contribution < 1.29 is 19.4 Å². The van der Waals surface area contributed by atoms with Crippen LogP contribution in [0.2, 0.25) is 0 Å². The van der Waals surface area contributed by atoms with E-state index >= 15 is 0 Å². The van der Waals surface area contributed by atoms with Crippen molar-refractivity contribution in [2.45, 2.75) is 25.3 Å². The topological polar surface area (TPSA) is 87.7 Å². The van der Waals surface area contributed by atoms with Crippen LogP contribution in [0.3, 0.4) is 0 Å². The van der Waals surface area contributed by atoms with Crippen molar-refractivity contribution in [3.63, 3.8) is 0 Å². The van der Waals surface area contributed by atoms with E-state index in [1.807, 2.05) is 18.2 Å². The van der Waals surface area contributed by atoms with Gasteiger partial charge in [0.25, 0.3) is 0 Å². The van der Waals surface area contributed by atoms with Gasteiger partial charge >= 0.3 is 12.0 Å². The van der Waals surface area contributed by atoms with Crippen LogP contribution in [0.25, 0.3) is 0 Å². The molecule has 1 aromatic carbocycles. The second-order valence-electron chi connectivity index (χ2n) is 4.66. The van der Waals surface area contributed by atoms with Crippen LogP contribution in [0, 0.1) is 0 Å². The van der Waals surface area contributed by atoms with E-state index in [9.17, 15) is 9.59 Å². The van der Waals surface area contributed by atoms with E-state index < -0.39 is 12.0 Å². The van der Waals surface area contributed by atoms with Gasteiger partial charge in [0.15, 0.2) is 0 Å². The molecular weight excluding hydrogens is 272 g/mol. The molecule has 0 saturated carbocycles. The quantitative estimate of drug-likeness (QED) is 0.607. The van der Waals surface area contributed by atoms with Gasteiger partial charge in [0.2, 0.25) is 0 Å². The van der Waals surface area contributed by atoms with Crippen molar-refractivity contribution in [1.29, 1.82) is 0 Å². The van der Waals surface area contributed by atoms with Crippen molar-refractivity contribution >= 4 is 12.0 Å². The first kappa shape index (κ1) is 17.0. The number of hydrogen-bond donors (Lipinski definition) is 3. The molecule has 116 valence electrons. The highest BCUT2D eigenvalue weighted by atomic mass is 16.5. The van der Waals surface area contributed by atoms with Crippen LogP contribution in [0.1, 0.15) is 30.9 Å². The highest BCUT2D eigenvalue weighted by Gasteiger charge is 2.17. The second-order valence-corrected chi connectivity index (χ2v) is 4.66. The Labute approximate surface area is 124 Å². The first-order valence-corrected chi connectivity index (χ1v) is 6.93. The summed E-state index contributed by atoms with van der Waals surface area (Å²) in [6.07, 6.45) is 1.53. The lowest BCUT2D eigenvalue weighted by Gasteiger charge is -2.18. The molecule has 0 aliphatic heterocycles. The molecule has 0 saturated heterocycles. The summed E-state index contributed by atoms with van der Waals surface area (Å²) in [7, 11) is 1.64. The molecule has 1 unspecified atom stereocenters. The number of rotatable bonds is 9. The Kier molecular flexibility index (Phi) is 7.89. The zero-order valence-corrected chi connectivity index (χ0v) is 12.2. The van der Waals surface area contributed by atoms with Crippen molar-refractivity contribution in [2.24, 2.45) is 0 Å². The van der Waals surface area contributed by atoms with Gasteiger partial charge in [-0.25, -0.2) is 4.79 Å². The Morgan fingerprint density at radius 3 is 2.57 bits per heavy atom. The van der Waals surface area contributed by atoms with Crippen molar-refractivity contribution in [2.75, 3.05) is 20.3 Å². The SMILES string of the molecule is COCCCCNC(=O)NC(CC(=O)O)c1ccccc1. The minimum absolute atomic E-state index is 0.152. The molecule has 0 fully saturated rings. The minimum Gasteiger partial charge on any atom is -0.481 e. The van der Waals surface area contributed by atoms with Crippen molar-refractivity contribution in [3.8, 4) is 0 Å². The summed E-state index contributed by atoms with van der Waals surface area (Å²) in [4.78, 5) is 22.7. The monoisotopic (exact) mass is 294 g/mol. The minimum atomic E-state index is -0.954. The molecule has 0 radical (unpaired) electrons. The molecule has 0 aromatic heterocycles. The van der Waals surface area contributed by atoms with Crippen LogP contribution in [0.5, 0.6) is 0 Å². The van der Waals surface area contributed by atoms with Gasteiger partial charge < -0.3 is 20.5 Å². The molecule has 1 atom stereocenters. The Morgan fingerprint density at radius 1 is 1.24 bits per heavy atom. The number of methoxy groups -OCH3 is 1. The lowest BCUT2D eigenvalue weighted by atomic mass is 10.0. The fourth-order valence-electron chi connectivity index (χ4n) is 1.89. The van der Waals surface area contributed by atoms with Crippen LogP contribution in [0.15, 0.2) is 30.3 Å². The Morgan fingerprint density at radius 2 is 1.95 bits per heavy atom. The number of ether oxygens (including phenoxy) is 1. The first-order valence-electron chi connectivity index (χ1n) is 6.93. The summed E-state index contributed by atoms with van der Waals surface area (Å²) in [6.45, 7) is 1.19. The predicted octanol–water partition coefficient (Wildman–Crippen LogP) is 1.93. The lowest BCUT2D eigenvalue weighted by molar-refractivity contribution is -0.137.